The highest BCUT2D eigenvalue weighted by Crippen LogP contribution is 2.03. The highest BCUT2D eigenvalue weighted by atomic mass is 16.5. The lowest BCUT2D eigenvalue weighted by atomic mass is 10.1. The third-order valence-corrected chi connectivity index (χ3v) is 3.08. The van der Waals surface area contributed by atoms with Crippen LogP contribution in [0.1, 0.15) is 20.8 Å². The van der Waals surface area contributed by atoms with E-state index in [1.807, 2.05) is 30.6 Å². The Hall–Kier alpha value is -1.14. The normalized spacial score (nSPS) is 17.4. The van der Waals surface area contributed by atoms with Crippen molar-refractivity contribution in [1.29, 1.82) is 0 Å². The molecule has 1 fully saturated rings. The first kappa shape index (κ1) is 15.9. The van der Waals surface area contributed by atoms with Crippen molar-refractivity contribution in [2.75, 3.05) is 46.4 Å². The molecule has 0 spiro atoms. The van der Waals surface area contributed by atoms with Crippen LogP contribution in [0.25, 0.3) is 0 Å². The number of nitrogens with zero attached hydrogens (tertiary/aromatic N) is 2. The molecule has 1 heterocycles. The van der Waals surface area contributed by atoms with Crippen LogP contribution < -0.4 is 5.32 Å². The quantitative estimate of drug-likeness (QED) is 0.711. The number of carbonyl (C=O) groups is 2. The highest BCUT2D eigenvalue weighted by molar-refractivity contribution is 5.78. The van der Waals surface area contributed by atoms with Crippen molar-refractivity contribution in [3.05, 3.63) is 0 Å². The number of ether oxygens (including phenoxy) is 1. The van der Waals surface area contributed by atoms with Crippen LogP contribution in [0.2, 0.25) is 0 Å². The SMILES string of the molecule is COC(=O)CN1CCN(C(=O)CNC(C)(C)C)CC1. The van der Waals surface area contributed by atoms with Gasteiger partial charge in [-0.15, -0.1) is 0 Å². The lowest BCUT2D eigenvalue weighted by Gasteiger charge is -2.34. The summed E-state index contributed by atoms with van der Waals surface area (Å²) < 4.78 is 4.63. The standard InChI is InChI=1S/C13H25N3O3/c1-13(2,3)14-9-11(17)16-7-5-15(6-8-16)10-12(18)19-4/h14H,5-10H2,1-4H3. The monoisotopic (exact) mass is 271 g/mol. The van der Waals surface area contributed by atoms with E-state index < -0.39 is 0 Å². The van der Waals surface area contributed by atoms with Gasteiger partial charge in [-0.05, 0) is 20.8 Å². The molecule has 19 heavy (non-hydrogen) atoms. The Morgan fingerprint density at radius 1 is 1.16 bits per heavy atom. The Balaban J connectivity index is 2.29. The number of methoxy groups -OCH3 is 1. The third-order valence-electron chi connectivity index (χ3n) is 3.08. The minimum absolute atomic E-state index is 0.0532. The van der Waals surface area contributed by atoms with Gasteiger partial charge in [0.05, 0.1) is 20.2 Å². The molecule has 0 bridgehead atoms. The molecular formula is C13H25N3O3. The van der Waals surface area contributed by atoms with E-state index in [0.717, 1.165) is 13.1 Å². The fourth-order valence-corrected chi connectivity index (χ4v) is 1.86. The van der Waals surface area contributed by atoms with Gasteiger partial charge in [0.25, 0.3) is 0 Å². The van der Waals surface area contributed by atoms with Crippen molar-refractivity contribution in [2.45, 2.75) is 26.3 Å². The average Bonchev–Trinajstić information content (AvgIpc) is 2.36. The molecule has 1 rings (SSSR count). The van der Waals surface area contributed by atoms with E-state index in [0.29, 0.717) is 26.2 Å². The van der Waals surface area contributed by atoms with E-state index in [9.17, 15) is 9.59 Å². The number of amides is 1. The molecule has 1 amide bonds. The number of piperazine rings is 1. The maximum atomic E-state index is 12.0. The minimum atomic E-state index is -0.228. The summed E-state index contributed by atoms with van der Waals surface area (Å²) in [6.07, 6.45) is 0. The predicted octanol–water partition coefficient (Wildman–Crippen LogP) is -0.308. The fraction of sp³-hybridized carbons (Fsp3) is 0.846. The summed E-state index contributed by atoms with van der Waals surface area (Å²) in [6.45, 7) is 9.55. The van der Waals surface area contributed by atoms with Crippen LogP contribution in [0.4, 0.5) is 0 Å². The number of carbonyl (C=O) groups excluding carboxylic acids is 2. The first-order chi connectivity index (χ1) is 8.81. The predicted molar refractivity (Wildman–Crippen MR) is 72.8 cm³/mol. The van der Waals surface area contributed by atoms with E-state index in [1.54, 1.807) is 0 Å². The maximum absolute atomic E-state index is 12.0. The lowest BCUT2D eigenvalue weighted by Crippen LogP contribution is -2.53. The van der Waals surface area contributed by atoms with Crippen LogP contribution in [-0.2, 0) is 14.3 Å². The van der Waals surface area contributed by atoms with Gasteiger partial charge in [-0.25, -0.2) is 0 Å². The van der Waals surface area contributed by atoms with Crippen molar-refractivity contribution in [3.63, 3.8) is 0 Å². The molecule has 6 nitrogen and oxygen atoms in total. The third kappa shape index (κ3) is 6.02. The average molecular weight is 271 g/mol. The Kier molecular flexibility index (Phi) is 5.75. The second-order valence-corrected chi connectivity index (χ2v) is 5.84. The van der Waals surface area contributed by atoms with Crippen molar-refractivity contribution < 1.29 is 14.3 Å². The number of hydrogen-bond donors (Lipinski definition) is 1. The zero-order valence-corrected chi connectivity index (χ0v) is 12.4. The van der Waals surface area contributed by atoms with Gasteiger partial charge in [-0.3, -0.25) is 14.5 Å². The molecule has 1 saturated heterocycles. The molecule has 0 aromatic heterocycles. The van der Waals surface area contributed by atoms with Crippen molar-refractivity contribution >= 4 is 11.9 Å². The molecule has 1 aliphatic rings. The summed E-state index contributed by atoms with van der Waals surface area (Å²) >= 11 is 0. The Bertz CT molecular complexity index is 318. The van der Waals surface area contributed by atoms with Gasteiger partial charge in [0, 0.05) is 31.7 Å². The lowest BCUT2D eigenvalue weighted by molar-refractivity contribution is -0.142. The number of hydrogen-bond acceptors (Lipinski definition) is 5. The number of rotatable bonds is 4. The molecular weight excluding hydrogens is 246 g/mol. The Morgan fingerprint density at radius 3 is 2.21 bits per heavy atom. The van der Waals surface area contributed by atoms with Gasteiger partial charge < -0.3 is 15.0 Å². The van der Waals surface area contributed by atoms with Crippen molar-refractivity contribution in [3.8, 4) is 0 Å². The van der Waals surface area contributed by atoms with Gasteiger partial charge in [0.15, 0.2) is 0 Å². The summed E-state index contributed by atoms with van der Waals surface area (Å²) in [5.41, 5.74) is -0.0532. The maximum Gasteiger partial charge on any atom is 0.319 e. The summed E-state index contributed by atoms with van der Waals surface area (Å²) in [5.74, 6) is -0.109. The minimum Gasteiger partial charge on any atom is -0.468 e. The molecule has 0 aromatic rings. The van der Waals surface area contributed by atoms with Gasteiger partial charge in [-0.2, -0.15) is 0 Å². The van der Waals surface area contributed by atoms with Crippen LogP contribution in [0, 0.1) is 0 Å². The molecule has 0 aliphatic carbocycles. The molecule has 0 aromatic carbocycles. The second-order valence-electron chi connectivity index (χ2n) is 5.84. The largest absolute Gasteiger partial charge is 0.468 e. The molecule has 0 radical (unpaired) electrons. The van der Waals surface area contributed by atoms with Crippen LogP contribution in [0.15, 0.2) is 0 Å². The van der Waals surface area contributed by atoms with Crippen LogP contribution >= 0.6 is 0 Å². The molecule has 1 aliphatic heterocycles. The van der Waals surface area contributed by atoms with Gasteiger partial charge in [0.2, 0.25) is 5.91 Å². The Morgan fingerprint density at radius 2 is 1.74 bits per heavy atom. The van der Waals surface area contributed by atoms with E-state index in [4.69, 9.17) is 0 Å². The van der Waals surface area contributed by atoms with E-state index in [-0.39, 0.29) is 17.4 Å². The zero-order valence-electron chi connectivity index (χ0n) is 12.4. The molecule has 1 N–H and O–H groups in total. The van der Waals surface area contributed by atoms with Gasteiger partial charge in [0.1, 0.15) is 0 Å². The van der Waals surface area contributed by atoms with E-state index in [1.165, 1.54) is 7.11 Å². The molecule has 6 heteroatoms. The second kappa shape index (κ2) is 6.86. The van der Waals surface area contributed by atoms with Crippen molar-refractivity contribution in [1.82, 2.24) is 15.1 Å². The summed E-state index contributed by atoms with van der Waals surface area (Å²) in [4.78, 5) is 27.0. The van der Waals surface area contributed by atoms with Gasteiger partial charge >= 0.3 is 5.97 Å². The molecule has 0 unspecified atom stereocenters. The van der Waals surface area contributed by atoms with Crippen LogP contribution in [-0.4, -0.2) is 73.6 Å². The van der Waals surface area contributed by atoms with Crippen LogP contribution in [0.5, 0.6) is 0 Å². The first-order valence-corrected chi connectivity index (χ1v) is 6.64. The van der Waals surface area contributed by atoms with E-state index >= 15 is 0 Å². The van der Waals surface area contributed by atoms with Crippen molar-refractivity contribution in [2.24, 2.45) is 0 Å². The van der Waals surface area contributed by atoms with Crippen LogP contribution in [0.3, 0.4) is 0 Å². The topological polar surface area (TPSA) is 61.9 Å². The zero-order chi connectivity index (χ0) is 14.5. The summed E-state index contributed by atoms with van der Waals surface area (Å²) in [6, 6.07) is 0. The first-order valence-electron chi connectivity index (χ1n) is 6.64. The molecule has 0 atom stereocenters. The number of nitrogens with one attached hydrogen (secondary N) is 1. The summed E-state index contributed by atoms with van der Waals surface area (Å²) in [5, 5.41) is 3.19. The molecule has 110 valence electrons. The summed E-state index contributed by atoms with van der Waals surface area (Å²) in [7, 11) is 1.39. The molecule has 0 saturated carbocycles. The van der Waals surface area contributed by atoms with Gasteiger partial charge in [-0.1, -0.05) is 0 Å². The van der Waals surface area contributed by atoms with E-state index in [2.05, 4.69) is 10.1 Å². The number of esters is 1. The fourth-order valence-electron chi connectivity index (χ4n) is 1.86. The Labute approximate surface area is 115 Å². The smallest absolute Gasteiger partial charge is 0.319 e. The highest BCUT2D eigenvalue weighted by Gasteiger charge is 2.23.